The third-order valence-electron chi connectivity index (χ3n) is 4.73. The van der Waals surface area contributed by atoms with Crippen molar-refractivity contribution in [3.05, 3.63) is 57.0 Å². The number of carbonyl (C=O) groups excluding carboxylic acids is 1. The van der Waals surface area contributed by atoms with Crippen LogP contribution in [0.3, 0.4) is 0 Å². The Morgan fingerprint density at radius 3 is 2.40 bits per heavy atom. The Kier molecular flexibility index (Phi) is 7.76. The first-order valence-corrected chi connectivity index (χ1v) is 12.1. The molecule has 6 nitrogen and oxygen atoms in total. The van der Waals surface area contributed by atoms with E-state index in [9.17, 15) is 22.8 Å². The lowest BCUT2D eigenvalue weighted by Crippen LogP contribution is -2.27. The van der Waals surface area contributed by atoms with Gasteiger partial charge in [0.25, 0.3) is 0 Å². The molecule has 0 aliphatic heterocycles. The normalized spacial score (nSPS) is 12.1. The molecular weight excluding hydrogens is 505 g/mol. The second-order valence-electron chi connectivity index (χ2n) is 8.48. The Hall–Kier alpha value is -2.72. The van der Waals surface area contributed by atoms with Crippen LogP contribution in [0.1, 0.15) is 50.7 Å². The van der Waals surface area contributed by atoms with Gasteiger partial charge in [-0.15, -0.1) is 0 Å². The van der Waals surface area contributed by atoms with Gasteiger partial charge in [-0.1, -0.05) is 30.3 Å². The number of carbonyl (C=O) groups is 1. The number of rotatable bonds is 6. The molecule has 0 atom stereocenters. The van der Waals surface area contributed by atoms with E-state index in [-0.39, 0.29) is 44.8 Å². The molecular formula is C24H24ClF3N2O4S. The standard InChI is InChI=1S/C24H24ClF3N2O4S/c1-6-30(15-8-9-18(25)29-20(15)22(32)34-23(3,4)5)16-11-13(24(26,27)28)10-14-17(31)12-19(35-7-2)33-21(14)16/h8-12H,6-7H2,1-5H3. The SMILES string of the molecule is CCSc1cc(=O)c2cc(C(F)(F)F)cc(N(CC)c3ccc(Cl)nc3C(=O)OC(C)(C)C)c2o1. The highest BCUT2D eigenvalue weighted by atomic mass is 35.5. The molecule has 0 spiro atoms. The van der Waals surface area contributed by atoms with E-state index in [1.807, 2.05) is 6.92 Å². The molecule has 0 unspecified atom stereocenters. The van der Waals surface area contributed by atoms with Crippen molar-refractivity contribution in [3.63, 3.8) is 0 Å². The van der Waals surface area contributed by atoms with Gasteiger partial charge >= 0.3 is 12.1 Å². The van der Waals surface area contributed by atoms with E-state index in [0.717, 1.165) is 12.1 Å². The van der Waals surface area contributed by atoms with Crippen molar-refractivity contribution in [3.8, 4) is 0 Å². The molecule has 1 aromatic carbocycles. The molecule has 3 aromatic rings. The van der Waals surface area contributed by atoms with Gasteiger partial charge in [0.1, 0.15) is 10.8 Å². The number of hydrogen-bond acceptors (Lipinski definition) is 7. The second kappa shape index (κ2) is 10.1. The Bertz CT molecular complexity index is 1320. The van der Waals surface area contributed by atoms with Gasteiger partial charge in [-0.3, -0.25) is 4.79 Å². The molecule has 0 aliphatic carbocycles. The van der Waals surface area contributed by atoms with Gasteiger partial charge < -0.3 is 14.1 Å². The number of halogens is 4. The van der Waals surface area contributed by atoms with Crippen LogP contribution in [-0.2, 0) is 10.9 Å². The predicted molar refractivity (Wildman–Crippen MR) is 131 cm³/mol. The number of nitrogens with zero attached hydrogens (tertiary/aromatic N) is 2. The fourth-order valence-corrected chi connectivity index (χ4v) is 4.15. The highest BCUT2D eigenvalue weighted by Gasteiger charge is 2.34. The van der Waals surface area contributed by atoms with E-state index in [1.54, 1.807) is 27.7 Å². The summed E-state index contributed by atoms with van der Waals surface area (Å²) in [7, 11) is 0. The molecule has 0 bridgehead atoms. The molecule has 0 amide bonds. The van der Waals surface area contributed by atoms with Crippen molar-refractivity contribution in [2.75, 3.05) is 17.2 Å². The van der Waals surface area contributed by atoms with Crippen LogP contribution in [0.25, 0.3) is 11.0 Å². The topological polar surface area (TPSA) is 72.6 Å². The summed E-state index contributed by atoms with van der Waals surface area (Å²) >= 11 is 7.28. The number of thioether (sulfide) groups is 1. The van der Waals surface area contributed by atoms with E-state index in [2.05, 4.69) is 4.98 Å². The molecule has 0 fully saturated rings. The molecule has 3 rings (SSSR count). The zero-order chi connectivity index (χ0) is 26.1. The summed E-state index contributed by atoms with van der Waals surface area (Å²) in [6.45, 7) is 8.68. The zero-order valence-electron chi connectivity index (χ0n) is 19.7. The minimum absolute atomic E-state index is 0.00715. The summed E-state index contributed by atoms with van der Waals surface area (Å²) in [5.41, 5.74) is -2.58. The van der Waals surface area contributed by atoms with Crippen LogP contribution in [0, 0.1) is 0 Å². The summed E-state index contributed by atoms with van der Waals surface area (Å²) in [5.74, 6) is -0.209. The Balaban J connectivity index is 2.34. The van der Waals surface area contributed by atoms with Gasteiger partial charge in [0.05, 0.1) is 22.3 Å². The molecule has 2 heterocycles. The highest BCUT2D eigenvalue weighted by molar-refractivity contribution is 7.99. The fourth-order valence-electron chi connectivity index (χ4n) is 3.39. The van der Waals surface area contributed by atoms with E-state index < -0.39 is 28.7 Å². The van der Waals surface area contributed by atoms with Crippen LogP contribution < -0.4 is 10.3 Å². The number of fused-ring (bicyclic) bond motifs is 1. The monoisotopic (exact) mass is 528 g/mol. The smallest absolute Gasteiger partial charge is 0.416 e. The average Bonchev–Trinajstić information content (AvgIpc) is 2.73. The summed E-state index contributed by atoms with van der Waals surface area (Å²) < 4.78 is 52.7. The van der Waals surface area contributed by atoms with Crippen molar-refractivity contribution in [2.24, 2.45) is 0 Å². The van der Waals surface area contributed by atoms with Crippen molar-refractivity contribution in [2.45, 2.75) is 51.5 Å². The van der Waals surface area contributed by atoms with Crippen molar-refractivity contribution < 1.29 is 27.1 Å². The quantitative estimate of drug-likeness (QED) is 0.192. The molecule has 0 aliphatic rings. The number of aromatic nitrogens is 1. The lowest BCUT2D eigenvalue weighted by Gasteiger charge is -2.27. The lowest BCUT2D eigenvalue weighted by molar-refractivity contribution is -0.137. The number of benzene rings is 1. The highest BCUT2D eigenvalue weighted by Crippen LogP contribution is 2.40. The van der Waals surface area contributed by atoms with Gasteiger partial charge in [0, 0.05) is 12.6 Å². The maximum atomic E-state index is 13.8. The van der Waals surface area contributed by atoms with E-state index in [4.69, 9.17) is 20.8 Å². The van der Waals surface area contributed by atoms with Gasteiger partial charge in [0.15, 0.2) is 21.8 Å². The third kappa shape index (κ3) is 6.10. The minimum Gasteiger partial charge on any atom is -0.455 e. The molecule has 35 heavy (non-hydrogen) atoms. The van der Waals surface area contributed by atoms with Crippen LogP contribution in [0.2, 0.25) is 5.15 Å². The number of esters is 1. The van der Waals surface area contributed by atoms with E-state index >= 15 is 0 Å². The van der Waals surface area contributed by atoms with Crippen molar-refractivity contribution >= 4 is 51.7 Å². The minimum atomic E-state index is -4.72. The first kappa shape index (κ1) is 26.9. The molecule has 0 saturated heterocycles. The van der Waals surface area contributed by atoms with Gasteiger partial charge in [0.2, 0.25) is 0 Å². The van der Waals surface area contributed by atoms with Crippen LogP contribution in [-0.4, -0.2) is 28.9 Å². The zero-order valence-corrected chi connectivity index (χ0v) is 21.3. The molecule has 2 aromatic heterocycles. The largest absolute Gasteiger partial charge is 0.455 e. The van der Waals surface area contributed by atoms with Crippen LogP contribution in [0.5, 0.6) is 0 Å². The number of alkyl halides is 3. The van der Waals surface area contributed by atoms with E-state index in [1.165, 1.54) is 34.9 Å². The molecule has 0 saturated carbocycles. The number of anilines is 2. The molecule has 188 valence electrons. The van der Waals surface area contributed by atoms with Crippen molar-refractivity contribution in [1.82, 2.24) is 4.98 Å². The third-order valence-corrected chi connectivity index (χ3v) is 5.72. The summed E-state index contributed by atoms with van der Waals surface area (Å²) in [6, 6.07) is 5.72. The summed E-state index contributed by atoms with van der Waals surface area (Å²) in [4.78, 5) is 31.2. The molecule has 0 N–H and O–H groups in total. The maximum absolute atomic E-state index is 13.8. The van der Waals surface area contributed by atoms with Gasteiger partial charge in [-0.25, -0.2) is 9.78 Å². The first-order valence-electron chi connectivity index (χ1n) is 10.7. The Morgan fingerprint density at radius 1 is 1.14 bits per heavy atom. The lowest BCUT2D eigenvalue weighted by atomic mass is 10.1. The predicted octanol–water partition coefficient (Wildman–Crippen LogP) is 7.09. The first-order chi connectivity index (χ1) is 16.2. The van der Waals surface area contributed by atoms with Crippen LogP contribution in [0.15, 0.2) is 44.6 Å². The maximum Gasteiger partial charge on any atom is 0.416 e. The number of ether oxygens (including phenoxy) is 1. The van der Waals surface area contributed by atoms with Crippen molar-refractivity contribution in [1.29, 1.82) is 0 Å². The number of pyridine rings is 1. The van der Waals surface area contributed by atoms with Crippen LogP contribution >= 0.6 is 23.4 Å². The summed E-state index contributed by atoms with van der Waals surface area (Å²) in [5, 5.41) is 0.0471. The Labute approximate surface area is 209 Å². The average molecular weight is 529 g/mol. The van der Waals surface area contributed by atoms with E-state index in [0.29, 0.717) is 5.75 Å². The van der Waals surface area contributed by atoms with Gasteiger partial charge in [-0.05, 0) is 57.7 Å². The fraction of sp³-hybridized carbons (Fsp3) is 0.375. The van der Waals surface area contributed by atoms with Crippen LogP contribution in [0.4, 0.5) is 24.5 Å². The second-order valence-corrected chi connectivity index (χ2v) is 10.1. The molecule has 11 heteroatoms. The Morgan fingerprint density at radius 2 is 1.83 bits per heavy atom. The number of hydrogen-bond donors (Lipinski definition) is 0. The van der Waals surface area contributed by atoms with Gasteiger partial charge in [-0.2, -0.15) is 13.2 Å². The summed E-state index contributed by atoms with van der Waals surface area (Å²) in [6.07, 6.45) is -4.72. The molecule has 0 radical (unpaired) electrons.